The van der Waals surface area contributed by atoms with Crippen molar-refractivity contribution in [1.29, 1.82) is 0 Å². The third-order valence-corrected chi connectivity index (χ3v) is 8.69. The summed E-state index contributed by atoms with van der Waals surface area (Å²) in [7, 11) is 0. The molecule has 0 saturated carbocycles. The van der Waals surface area contributed by atoms with Crippen molar-refractivity contribution in [3.05, 3.63) is 24.3 Å². The Balaban J connectivity index is 0.00000801. The van der Waals surface area contributed by atoms with E-state index in [-0.39, 0.29) is 63.0 Å². The highest BCUT2D eigenvalue weighted by molar-refractivity contribution is 7.80. The normalized spacial score (nSPS) is 10.6. The summed E-state index contributed by atoms with van der Waals surface area (Å²) in [4.78, 5) is 59.5. The Morgan fingerprint density at radius 2 is 0.983 bits per heavy atom. The van der Waals surface area contributed by atoms with Crippen molar-refractivity contribution in [2.24, 2.45) is 5.92 Å². The van der Waals surface area contributed by atoms with Crippen molar-refractivity contribution < 1.29 is 39.6 Å². The first-order valence-corrected chi connectivity index (χ1v) is 21.7. The molecule has 0 spiro atoms. The minimum Gasteiger partial charge on any atom is -0.362 e. The molecule has 18 heteroatoms. The molecule has 8 N–H and O–H groups in total. The lowest BCUT2D eigenvalue weighted by Crippen LogP contribution is -2.33. The Hall–Kier alpha value is -3.97. The lowest BCUT2D eigenvalue weighted by molar-refractivity contribution is -0.166. The molecule has 0 aliphatic heterocycles. The van der Waals surface area contributed by atoms with Gasteiger partial charge in [0.1, 0.15) is 5.78 Å². The van der Waals surface area contributed by atoms with Gasteiger partial charge in [0, 0.05) is 89.2 Å². The Morgan fingerprint density at radius 1 is 0.559 bits per heavy atom. The number of nitrogens with zero attached hydrogens (tertiary/aromatic N) is 3. The van der Waals surface area contributed by atoms with Crippen LogP contribution in [-0.4, -0.2) is 109 Å². The van der Waals surface area contributed by atoms with Crippen LogP contribution in [0.2, 0.25) is 0 Å². The Labute approximate surface area is 362 Å². The second-order valence-corrected chi connectivity index (χ2v) is 16.1. The molecule has 0 aromatic heterocycles. The van der Waals surface area contributed by atoms with E-state index < -0.39 is 17.7 Å². The molecular formula is C41H72N8O8S2. The third kappa shape index (κ3) is 32.6. The van der Waals surface area contributed by atoms with Crippen molar-refractivity contribution in [1.82, 2.24) is 31.1 Å². The van der Waals surface area contributed by atoms with Crippen molar-refractivity contribution in [2.75, 3.05) is 43.4 Å². The largest absolute Gasteiger partial charge is 0.362 e. The number of nitrogens with one attached hydrogen (secondary N) is 5. The van der Waals surface area contributed by atoms with E-state index in [4.69, 9.17) is 24.4 Å². The maximum atomic E-state index is 12.2. The molecule has 0 saturated heterocycles. The standard InChI is InChI=1S/C37H62N8O8S2.C4H10/c1-28(2)40-37(55)42-31-17-15-30(16-18-31)41-36(54)39-24-10-7-13-27-45(53)35(50)22-20-33(48)38-23-9-6-12-26-44(52)34(49)21-19-32(47)14-8-4-5-11-25-43(51)29(3)46;1-4(2)3/h15-18,28,51-53H,4-14,19-27H2,1-3H3,(H,38,48)(H2,39,41,54)(H2,40,42,55);4H,1-3H3. The van der Waals surface area contributed by atoms with Crippen molar-refractivity contribution in [3.8, 4) is 0 Å². The minimum absolute atomic E-state index is 0.0481. The molecule has 1 aromatic rings. The van der Waals surface area contributed by atoms with Gasteiger partial charge in [-0.3, -0.25) is 39.6 Å². The lowest BCUT2D eigenvalue weighted by atomic mass is 10.1. The number of anilines is 2. The maximum Gasteiger partial charge on any atom is 0.246 e. The number of hydrogen-bond donors (Lipinski definition) is 8. The summed E-state index contributed by atoms with van der Waals surface area (Å²) in [6.07, 6.45) is 6.91. The fourth-order valence-corrected chi connectivity index (χ4v) is 5.65. The number of carbonyl (C=O) groups excluding carboxylic acids is 5. The van der Waals surface area contributed by atoms with Crippen molar-refractivity contribution in [3.63, 3.8) is 0 Å². The molecule has 1 rings (SSSR count). The second kappa shape index (κ2) is 33.8. The first kappa shape index (κ1) is 55.0. The van der Waals surface area contributed by atoms with Gasteiger partial charge in [0.25, 0.3) is 0 Å². The monoisotopic (exact) mass is 868 g/mol. The van der Waals surface area contributed by atoms with Gasteiger partial charge in [0.05, 0.1) is 0 Å². The van der Waals surface area contributed by atoms with E-state index in [0.717, 1.165) is 43.0 Å². The molecule has 0 bridgehead atoms. The number of thiocarbonyl (C=S) groups is 2. The molecule has 0 aliphatic rings. The topological polar surface area (TPSA) is 216 Å². The SMILES string of the molecule is CC(=O)N(O)CCCCCCC(=O)CCC(=O)N(O)CCCCCNC(=O)CCC(=O)N(O)CCCCCNC(=S)Nc1ccc(NC(=S)NC(C)C)cc1.CC(C)C. The van der Waals surface area contributed by atoms with Gasteiger partial charge in [-0.1, -0.05) is 33.6 Å². The van der Waals surface area contributed by atoms with Crippen LogP contribution in [0.25, 0.3) is 0 Å². The molecule has 16 nitrogen and oxygen atoms in total. The zero-order valence-corrected chi connectivity index (χ0v) is 37.8. The lowest BCUT2D eigenvalue weighted by Gasteiger charge is -2.15. The zero-order valence-electron chi connectivity index (χ0n) is 36.1. The second-order valence-electron chi connectivity index (χ2n) is 15.3. The van der Waals surface area contributed by atoms with Gasteiger partial charge in [0.15, 0.2) is 10.2 Å². The number of carbonyl (C=O) groups is 5. The first-order chi connectivity index (χ1) is 27.9. The van der Waals surface area contributed by atoms with E-state index in [1.807, 2.05) is 38.1 Å². The van der Waals surface area contributed by atoms with Gasteiger partial charge in [0.2, 0.25) is 23.6 Å². The molecule has 4 amide bonds. The van der Waals surface area contributed by atoms with Crippen LogP contribution >= 0.6 is 24.4 Å². The van der Waals surface area contributed by atoms with E-state index in [2.05, 4.69) is 47.4 Å². The van der Waals surface area contributed by atoms with Crippen LogP contribution in [0.4, 0.5) is 11.4 Å². The average molecular weight is 869 g/mol. The summed E-state index contributed by atoms with van der Waals surface area (Å²) in [6, 6.07) is 7.82. The zero-order chi connectivity index (χ0) is 44.6. The van der Waals surface area contributed by atoms with Crippen LogP contribution in [0.3, 0.4) is 0 Å². The highest BCUT2D eigenvalue weighted by atomic mass is 32.1. The molecule has 1 aromatic carbocycles. The minimum atomic E-state index is -0.523. The Kier molecular flexibility index (Phi) is 31.5. The van der Waals surface area contributed by atoms with E-state index in [1.54, 1.807) is 0 Å². The molecule has 0 aliphatic carbocycles. The number of benzene rings is 1. The van der Waals surface area contributed by atoms with Gasteiger partial charge >= 0.3 is 0 Å². The number of Topliss-reactive ketones (excluding diaryl/α,β-unsaturated/α-hetero) is 1. The molecular weight excluding hydrogens is 797 g/mol. The van der Waals surface area contributed by atoms with Crippen LogP contribution in [0.5, 0.6) is 0 Å². The number of rotatable bonds is 28. The average Bonchev–Trinajstić information content (AvgIpc) is 3.16. The number of hydrogen-bond acceptors (Lipinski definition) is 10. The molecule has 0 unspecified atom stereocenters. The predicted molar refractivity (Wildman–Crippen MR) is 239 cm³/mol. The van der Waals surface area contributed by atoms with Gasteiger partial charge in [-0.25, -0.2) is 15.2 Å². The first-order valence-electron chi connectivity index (χ1n) is 20.9. The Morgan fingerprint density at radius 3 is 1.47 bits per heavy atom. The van der Waals surface area contributed by atoms with E-state index in [0.29, 0.717) is 83.4 Å². The summed E-state index contributed by atoms with van der Waals surface area (Å²) in [6.45, 7) is 13.3. The van der Waals surface area contributed by atoms with Gasteiger partial charge < -0.3 is 26.6 Å². The van der Waals surface area contributed by atoms with Crippen LogP contribution in [0.1, 0.15) is 138 Å². The molecule has 336 valence electrons. The fourth-order valence-electron chi connectivity index (χ4n) is 5.08. The van der Waals surface area contributed by atoms with E-state index >= 15 is 0 Å². The molecule has 0 fully saturated rings. The molecule has 0 heterocycles. The fraction of sp³-hybridized carbons (Fsp3) is 0.683. The van der Waals surface area contributed by atoms with Crippen molar-refractivity contribution in [2.45, 2.75) is 144 Å². The smallest absolute Gasteiger partial charge is 0.246 e. The van der Waals surface area contributed by atoms with Crippen LogP contribution in [0, 0.1) is 5.92 Å². The number of ketones is 1. The van der Waals surface area contributed by atoms with Gasteiger partial charge in [-0.05, 0) is 120 Å². The number of unbranched alkanes of at least 4 members (excludes halogenated alkanes) is 7. The summed E-state index contributed by atoms with van der Waals surface area (Å²) in [5.41, 5.74) is 1.69. The van der Waals surface area contributed by atoms with Crippen LogP contribution < -0.4 is 26.6 Å². The highest BCUT2D eigenvalue weighted by Crippen LogP contribution is 2.14. The summed E-state index contributed by atoms with van der Waals surface area (Å²) in [5.74, 6) is -0.974. The molecule has 0 atom stereocenters. The predicted octanol–water partition coefficient (Wildman–Crippen LogP) is 6.54. The third-order valence-electron chi connectivity index (χ3n) is 8.22. The summed E-state index contributed by atoms with van der Waals surface area (Å²) >= 11 is 10.6. The highest BCUT2D eigenvalue weighted by Gasteiger charge is 2.15. The Bertz CT molecular complexity index is 1400. The quantitative estimate of drug-likeness (QED) is 0.0194. The summed E-state index contributed by atoms with van der Waals surface area (Å²) in [5, 5.41) is 47.6. The van der Waals surface area contributed by atoms with E-state index in [9.17, 15) is 39.6 Å². The maximum absolute atomic E-state index is 12.2. The summed E-state index contributed by atoms with van der Waals surface area (Å²) < 4.78 is 0. The molecule has 0 radical (unpaired) electrons. The van der Waals surface area contributed by atoms with E-state index in [1.165, 1.54) is 6.92 Å². The van der Waals surface area contributed by atoms with Gasteiger partial charge in [-0.15, -0.1) is 0 Å². The number of hydroxylamine groups is 6. The van der Waals surface area contributed by atoms with Crippen LogP contribution in [-0.2, 0) is 24.0 Å². The van der Waals surface area contributed by atoms with Crippen LogP contribution in [0.15, 0.2) is 24.3 Å². The number of amides is 4. The van der Waals surface area contributed by atoms with Gasteiger partial charge in [-0.2, -0.15) is 0 Å². The van der Waals surface area contributed by atoms with Crippen molar-refractivity contribution >= 4 is 75.4 Å². The molecule has 59 heavy (non-hydrogen) atoms.